The summed E-state index contributed by atoms with van der Waals surface area (Å²) in [5.41, 5.74) is 0. The minimum absolute atomic E-state index is 0.0116. The average molecular weight is 553 g/mol. The van der Waals surface area contributed by atoms with Crippen LogP contribution in [0.1, 0.15) is 213 Å². The lowest BCUT2D eigenvalue weighted by atomic mass is 10.0. The van der Waals surface area contributed by atoms with Gasteiger partial charge in [0.05, 0.1) is 12.7 Å². The number of esters is 1. The van der Waals surface area contributed by atoms with Gasteiger partial charge in [0.15, 0.2) is 0 Å². The zero-order chi connectivity index (χ0) is 28.5. The Bertz CT molecular complexity index is 464. The molecule has 1 N–H and O–H groups in total. The van der Waals surface area contributed by atoms with Crippen LogP contribution in [0.5, 0.6) is 0 Å². The number of carbonyl (C=O) groups is 1. The number of hydrogen-bond donors (Lipinski definition) is 1. The van der Waals surface area contributed by atoms with Gasteiger partial charge in [0.25, 0.3) is 0 Å². The first-order valence-corrected chi connectivity index (χ1v) is 18.0. The van der Waals surface area contributed by atoms with Gasteiger partial charge in [-0.2, -0.15) is 0 Å². The van der Waals surface area contributed by atoms with Crippen molar-refractivity contribution in [1.29, 1.82) is 0 Å². The molecule has 0 bridgehead atoms. The first kappa shape index (κ1) is 38.4. The molecule has 3 nitrogen and oxygen atoms in total. The van der Waals surface area contributed by atoms with E-state index in [9.17, 15) is 9.90 Å². The molecule has 0 aromatic rings. The van der Waals surface area contributed by atoms with Crippen LogP contribution in [-0.4, -0.2) is 23.8 Å². The molecule has 1 unspecified atom stereocenters. The third-order valence-corrected chi connectivity index (χ3v) is 8.32. The van der Waals surface area contributed by atoms with Gasteiger partial charge in [0, 0.05) is 6.42 Å². The van der Waals surface area contributed by atoms with Gasteiger partial charge in [-0.25, -0.2) is 0 Å². The van der Waals surface area contributed by atoms with Crippen molar-refractivity contribution in [2.24, 2.45) is 0 Å². The van der Waals surface area contributed by atoms with E-state index < -0.39 is 0 Å². The van der Waals surface area contributed by atoms with Crippen LogP contribution >= 0.6 is 0 Å². The topological polar surface area (TPSA) is 46.5 Å². The highest BCUT2D eigenvalue weighted by Gasteiger charge is 2.04. The van der Waals surface area contributed by atoms with Gasteiger partial charge in [0.1, 0.15) is 0 Å². The Kier molecular flexibility index (Phi) is 33.1. The van der Waals surface area contributed by atoms with Crippen LogP contribution in [0, 0.1) is 0 Å². The predicted molar refractivity (Wildman–Crippen MR) is 171 cm³/mol. The quantitative estimate of drug-likeness (QED) is 0.0650. The summed E-state index contributed by atoms with van der Waals surface area (Å²) < 4.78 is 5.39. The average Bonchev–Trinajstić information content (AvgIpc) is 2.93. The fourth-order valence-corrected chi connectivity index (χ4v) is 5.57. The van der Waals surface area contributed by atoms with E-state index in [1.165, 1.54) is 167 Å². The standard InChI is InChI=1S/C36H72O3/c1-3-5-7-9-20-25-29-33-36(38)39-34-30-26-22-19-17-15-13-11-12-14-16-18-21-24-28-32-35(37)31-27-23-10-8-6-4-2/h35,37H,3-34H2,1-2H3. The number of rotatable bonds is 33. The number of aliphatic hydroxyl groups excluding tert-OH is 1. The van der Waals surface area contributed by atoms with Crippen molar-refractivity contribution in [1.82, 2.24) is 0 Å². The second-order valence-corrected chi connectivity index (χ2v) is 12.4. The third kappa shape index (κ3) is 33.5. The molecule has 1 atom stereocenters. The summed E-state index contributed by atoms with van der Waals surface area (Å²) in [6, 6.07) is 0. The first-order chi connectivity index (χ1) is 19.2. The highest BCUT2D eigenvalue weighted by Crippen LogP contribution is 2.16. The molecule has 0 saturated carbocycles. The summed E-state index contributed by atoms with van der Waals surface area (Å²) in [5.74, 6) is 0.0116. The molecular weight excluding hydrogens is 480 g/mol. The van der Waals surface area contributed by atoms with Gasteiger partial charge in [-0.1, -0.05) is 181 Å². The molecule has 0 spiro atoms. The monoisotopic (exact) mass is 553 g/mol. The van der Waals surface area contributed by atoms with Gasteiger partial charge in [-0.3, -0.25) is 4.79 Å². The third-order valence-electron chi connectivity index (χ3n) is 8.32. The molecule has 0 fully saturated rings. The summed E-state index contributed by atoms with van der Waals surface area (Å²) in [6.45, 7) is 5.13. The molecule has 0 saturated heterocycles. The minimum atomic E-state index is -0.0507. The van der Waals surface area contributed by atoms with Gasteiger partial charge in [-0.15, -0.1) is 0 Å². The van der Waals surface area contributed by atoms with Gasteiger partial charge < -0.3 is 9.84 Å². The summed E-state index contributed by atoms with van der Waals surface area (Å²) in [6.07, 6.45) is 39.0. The fraction of sp³-hybridized carbons (Fsp3) is 0.972. The van der Waals surface area contributed by atoms with E-state index in [1.54, 1.807) is 0 Å². The normalized spacial score (nSPS) is 12.2. The molecule has 0 aliphatic heterocycles. The van der Waals surface area contributed by atoms with E-state index in [2.05, 4.69) is 13.8 Å². The van der Waals surface area contributed by atoms with Crippen LogP contribution in [0.3, 0.4) is 0 Å². The number of carbonyl (C=O) groups excluding carboxylic acids is 1. The summed E-state index contributed by atoms with van der Waals surface area (Å²) in [7, 11) is 0. The van der Waals surface area contributed by atoms with E-state index in [-0.39, 0.29) is 12.1 Å². The van der Waals surface area contributed by atoms with Crippen LogP contribution in [0.4, 0.5) is 0 Å². The van der Waals surface area contributed by atoms with Gasteiger partial charge in [0.2, 0.25) is 0 Å². The maximum absolute atomic E-state index is 11.8. The highest BCUT2D eigenvalue weighted by molar-refractivity contribution is 5.69. The molecule has 0 heterocycles. The van der Waals surface area contributed by atoms with Crippen molar-refractivity contribution >= 4 is 5.97 Å². The predicted octanol–water partition coefficient (Wildman–Crippen LogP) is 12.0. The molecule has 0 aliphatic carbocycles. The Balaban J connectivity index is 3.17. The zero-order valence-electron chi connectivity index (χ0n) is 27.0. The second kappa shape index (κ2) is 33.6. The maximum Gasteiger partial charge on any atom is 0.305 e. The number of hydrogen-bond acceptors (Lipinski definition) is 3. The summed E-state index contributed by atoms with van der Waals surface area (Å²) in [5, 5.41) is 10.1. The molecular formula is C36H72O3. The lowest BCUT2D eigenvalue weighted by Gasteiger charge is -2.10. The Morgan fingerprint density at radius 2 is 0.769 bits per heavy atom. The Labute approximate surface area is 246 Å². The molecule has 0 aliphatic rings. The highest BCUT2D eigenvalue weighted by atomic mass is 16.5. The first-order valence-electron chi connectivity index (χ1n) is 18.0. The zero-order valence-corrected chi connectivity index (χ0v) is 27.0. The Hall–Kier alpha value is -0.570. The van der Waals surface area contributed by atoms with Gasteiger partial charge in [-0.05, 0) is 25.7 Å². The van der Waals surface area contributed by atoms with E-state index in [0.29, 0.717) is 13.0 Å². The van der Waals surface area contributed by atoms with Crippen molar-refractivity contribution < 1.29 is 14.6 Å². The van der Waals surface area contributed by atoms with Crippen molar-refractivity contribution in [3.05, 3.63) is 0 Å². The number of unbranched alkanes of at least 4 members (excludes halogenated alkanes) is 25. The van der Waals surface area contributed by atoms with Crippen LogP contribution in [-0.2, 0) is 9.53 Å². The van der Waals surface area contributed by atoms with Gasteiger partial charge >= 0.3 is 5.97 Å². The Morgan fingerprint density at radius 3 is 1.15 bits per heavy atom. The smallest absolute Gasteiger partial charge is 0.305 e. The Morgan fingerprint density at radius 1 is 0.462 bits per heavy atom. The van der Waals surface area contributed by atoms with Crippen molar-refractivity contribution in [3.63, 3.8) is 0 Å². The van der Waals surface area contributed by atoms with E-state index in [1.807, 2.05) is 0 Å². The molecule has 0 aromatic carbocycles. The lowest BCUT2D eigenvalue weighted by molar-refractivity contribution is -0.143. The SMILES string of the molecule is CCCCCCCCCC(=O)OCCCCCCCCCCCCCCCCCC(O)CCCCCCCC. The largest absolute Gasteiger partial charge is 0.466 e. The maximum atomic E-state index is 11.8. The molecule has 234 valence electrons. The van der Waals surface area contributed by atoms with E-state index >= 15 is 0 Å². The van der Waals surface area contributed by atoms with Crippen LogP contribution in [0.25, 0.3) is 0 Å². The van der Waals surface area contributed by atoms with Crippen LogP contribution in [0.2, 0.25) is 0 Å². The number of aliphatic hydroxyl groups is 1. The van der Waals surface area contributed by atoms with E-state index in [0.717, 1.165) is 25.7 Å². The van der Waals surface area contributed by atoms with Crippen LogP contribution < -0.4 is 0 Å². The molecule has 0 amide bonds. The second-order valence-electron chi connectivity index (χ2n) is 12.4. The van der Waals surface area contributed by atoms with Crippen molar-refractivity contribution in [2.75, 3.05) is 6.61 Å². The van der Waals surface area contributed by atoms with E-state index in [4.69, 9.17) is 4.74 Å². The molecule has 0 rings (SSSR count). The fourth-order valence-electron chi connectivity index (χ4n) is 5.57. The number of ether oxygens (including phenoxy) is 1. The summed E-state index contributed by atoms with van der Waals surface area (Å²) in [4.78, 5) is 11.8. The summed E-state index contributed by atoms with van der Waals surface area (Å²) >= 11 is 0. The molecule has 39 heavy (non-hydrogen) atoms. The minimum Gasteiger partial charge on any atom is -0.466 e. The van der Waals surface area contributed by atoms with Crippen molar-refractivity contribution in [2.45, 2.75) is 219 Å². The lowest BCUT2D eigenvalue weighted by Crippen LogP contribution is -2.05. The van der Waals surface area contributed by atoms with Crippen LogP contribution in [0.15, 0.2) is 0 Å². The molecule has 0 radical (unpaired) electrons. The van der Waals surface area contributed by atoms with Crippen molar-refractivity contribution in [3.8, 4) is 0 Å². The molecule has 0 aromatic heterocycles. The molecule has 3 heteroatoms.